The van der Waals surface area contributed by atoms with E-state index in [0.29, 0.717) is 0 Å². The Balaban J connectivity index is 0. The molecule has 0 saturated heterocycles. The van der Waals surface area contributed by atoms with Gasteiger partial charge in [0.25, 0.3) is 0 Å². The van der Waals surface area contributed by atoms with Crippen LogP contribution in [0.25, 0.3) is 0 Å². The molecule has 0 unspecified atom stereocenters. The molecule has 0 aromatic heterocycles. The van der Waals surface area contributed by atoms with E-state index < -0.39 is 14.4 Å². The standard InChI is InChI=1S/H5N2O2P.H3O3PS/c1-5(2,3)4;1-4(2,3)5/h(H5,1,2,3,4);(H3,1,2,3,5). The molecule has 0 radical (unpaired) electrons. The monoisotopic (exact) mass is 210 g/mol. The van der Waals surface area contributed by atoms with Crippen LogP contribution in [0.2, 0.25) is 0 Å². The van der Waals surface area contributed by atoms with Crippen molar-refractivity contribution in [3.63, 3.8) is 0 Å². The van der Waals surface area contributed by atoms with Gasteiger partial charge in [-0.3, -0.25) is 4.57 Å². The average molecular weight is 210 g/mol. The third kappa shape index (κ3) is 1230. The number of hydrogen-bond acceptors (Lipinski definition) is 2. The predicted molar refractivity (Wildman–Crippen MR) is 39.1 cm³/mol. The molecule has 10 heavy (non-hydrogen) atoms. The molecule has 0 spiro atoms. The summed E-state index contributed by atoms with van der Waals surface area (Å²) < 4.78 is 9.33. The minimum Gasteiger partial charge on any atom is -0.325 e. The van der Waals surface area contributed by atoms with Crippen molar-refractivity contribution in [1.82, 2.24) is 0 Å². The Kier molecular flexibility index (Phi) is 5.97. The molecule has 0 aromatic rings. The van der Waals surface area contributed by atoms with Gasteiger partial charge in [-0.2, -0.15) is 0 Å². The molecule has 64 valence electrons. The highest BCUT2D eigenvalue weighted by molar-refractivity contribution is 8.06. The van der Waals surface area contributed by atoms with E-state index >= 15 is 0 Å². The Morgan fingerprint density at radius 2 is 1.10 bits per heavy atom. The molecular formula is H8N2O5P2S. The molecule has 0 saturated carbocycles. The fourth-order valence-corrected chi connectivity index (χ4v) is 0. The van der Waals surface area contributed by atoms with E-state index in [0.717, 1.165) is 0 Å². The molecule has 0 aliphatic carbocycles. The van der Waals surface area contributed by atoms with Crippen LogP contribution in [-0.2, 0) is 16.4 Å². The summed E-state index contributed by atoms with van der Waals surface area (Å²) >= 11 is 3.60. The van der Waals surface area contributed by atoms with E-state index in [1.165, 1.54) is 0 Å². The van der Waals surface area contributed by atoms with Gasteiger partial charge in [-0.1, -0.05) is 0 Å². The Morgan fingerprint density at radius 1 is 1.10 bits per heavy atom. The fraction of sp³-hybridized carbons (Fsp3) is 0. The van der Waals surface area contributed by atoms with E-state index in [2.05, 4.69) is 22.8 Å². The minimum atomic E-state index is -3.81. The summed E-state index contributed by atoms with van der Waals surface area (Å²) in [5.74, 6) is 0. The van der Waals surface area contributed by atoms with Crippen LogP contribution in [0.4, 0.5) is 0 Å². The summed E-state index contributed by atoms with van der Waals surface area (Å²) in [7, 11) is -3.64. The molecule has 0 atom stereocenters. The molecule has 0 aliphatic rings. The van der Waals surface area contributed by atoms with Crippen LogP contribution in [-0.4, -0.2) is 19.6 Å². The summed E-state index contributed by atoms with van der Waals surface area (Å²) in [5.41, 5.74) is 8.49. The van der Waals surface area contributed by atoms with Gasteiger partial charge in [0.1, 0.15) is 0 Å². The van der Waals surface area contributed by atoms with E-state index in [9.17, 15) is 4.57 Å². The lowest BCUT2D eigenvalue weighted by Gasteiger charge is -1.88. The lowest BCUT2D eigenvalue weighted by atomic mass is 13.9. The highest BCUT2D eigenvalue weighted by Gasteiger charge is 1.93. The molecule has 10 heteroatoms. The lowest BCUT2D eigenvalue weighted by molar-refractivity contribution is 0.363. The van der Waals surface area contributed by atoms with Crippen LogP contribution in [0.3, 0.4) is 0 Å². The van der Waals surface area contributed by atoms with Crippen molar-refractivity contribution in [1.29, 1.82) is 0 Å². The van der Waals surface area contributed by atoms with Gasteiger partial charge < -0.3 is 19.6 Å². The third-order valence-electron chi connectivity index (χ3n) is 0. The molecule has 7 nitrogen and oxygen atoms in total. The zero-order valence-corrected chi connectivity index (χ0v) is 7.26. The zero-order valence-electron chi connectivity index (χ0n) is 4.65. The fourth-order valence-electron chi connectivity index (χ4n) is 0. The molecule has 8 N–H and O–H groups in total. The second-order valence-corrected chi connectivity index (χ2v) is 5.03. The van der Waals surface area contributed by atoms with Crippen molar-refractivity contribution in [2.45, 2.75) is 0 Å². The molecule has 0 aliphatic heterocycles. The van der Waals surface area contributed by atoms with Crippen molar-refractivity contribution >= 4 is 26.2 Å². The quantitative estimate of drug-likeness (QED) is 0.256. The van der Waals surface area contributed by atoms with Gasteiger partial charge in [-0.25, -0.2) is 11.0 Å². The largest absolute Gasteiger partial charge is 0.332 e. The lowest BCUT2D eigenvalue weighted by Crippen LogP contribution is -2.01. The van der Waals surface area contributed by atoms with Gasteiger partial charge in [0, 0.05) is 0 Å². The third-order valence-corrected chi connectivity index (χ3v) is 0. The van der Waals surface area contributed by atoms with Gasteiger partial charge in [0.15, 0.2) is 0 Å². The second-order valence-electron chi connectivity index (χ2n) is 1.19. The van der Waals surface area contributed by atoms with Gasteiger partial charge in [-0.15, -0.1) is 0 Å². The van der Waals surface area contributed by atoms with Crippen LogP contribution >= 0.6 is 14.4 Å². The zero-order chi connectivity index (χ0) is 9.00. The van der Waals surface area contributed by atoms with Crippen molar-refractivity contribution in [2.75, 3.05) is 0 Å². The van der Waals surface area contributed by atoms with E-state index in [1.54, 1.807) is 0 Å². The summed E-state index contributed by atoms with van der Waals surface area (Å²) in [4.78, 5) is 30.3. The number of nitrogens with two attached hydrogens (primary N) is 2. The Labute approximate surface area is 62.1 Å². The number of hydrogen-bond donors (Lipinski definition) is 6. The predicted octanol–water partition coefficient (Wildman–Crippen LogP) is -1.81. The molecule has 0 amide bonds. The Bertz CT molecular complexity index is 130. The van der Waals surface area contributed by atoms with Crippen LogP contribution in [0.5, 0.6) is 0 Å². The first-order valence-corrected chi connectivity index (χ1v) is 6.14. The summed E-state index contributed by atoms with van der Waals surface area (Å²) in [5, 5.41) is 0. The molecule has 0 heterocycles. The Hall–Kier alpha value is 0.640. The highest BCUT2D eigenvalue weighted by Crippen LogP contribution is 2.26. The van der Waals surface area contributed by atoms with Crippen LogP contribution < -0.4 is 11.0 Å². The SMILES string of the molecule is NP(N)(=O)O.OP(O)(O)=S. The summed E-state index contributed by atoms with van der Waals surface area (Å²) in [6.07, 6.45) is 0. The Morgan fingerprint density at radius 3 is 1.10 bits per heavy atom. The first kappa shape index (κ1) is 13.2. The van der Waals surface area contributed by atoms with Crippen LogP contribution in [0, 0.1) is 0 Å². The van der Waals surface area contributed by atoms with Crippen molar-refractivity contribution in [3.8, 4) is 0 Å². The molecular weight excluding hydrogens is 202 g/mol. The van der Waals surface area contributed by atoms with Crippen molar-refractivity contribution in [3.05, 3.63) is 0 Å². The first-order chi connectivity index (χ1) is 4.00. The van der Waals surface area contributed by atoms with Crippen molar-refractivity contribution in [2.24, 2.45) is 11.0 Å². The second kappa shape index (κ2) is 4.50. The smallest absolute Gasteiger partial charge is 0.325 e. The normalized spacial score (nSPS) is 11.8. The summed E-state index contributed by atoms with van der Waals surface area (Å²) in [6.45, 7) is -3.81. The first-order valence-electron chi connectivity index (χ1n) is 1.68. The number of rotatable bonds is 0. The van der Waals surface area contributed by atoms with E-state index in [1.807, 2.05) is 0 Å². The maximum absolute atomic E-state index is 9.33. The molecule has 0 rings (SSSR count). The van der Waals surface area contributed by atoms with Gasteiger partial charge >= 0.3 is 14.4 Å². The molecule has 0 fully saturated rings. The van der Waals surface area contributed by atoms with Gasteiger partial charge in [-0.05, 0) is 11.8 Å². The molecule has 0 aromatic carbocycles. The maximum Gasteiger partial charge on any atom is 0.332 e. The van der Waals surface area contributed by atoms with E-state index in [4.69, 9.17) is 19.6 Å². The van der Waals surface area contributed by atoms with Gasteiger partial charge in [0.2, 0.25) is 0 Å². The average Bonchev–Trinajstić information content (AvgIpc) is 1.12. The van der Waals surface area contributed by atoms with Crippen molar-refractivity contribution < 1.29 is 24.1 Å². The van der Waals surface area contributed by atoms with Gasteiger partial charge in [0.05, 0.1) is 0 Å². The maximum atomic E-state index is 9.33. The highest BCUT2D eigenvalue weighted by atomic mass is 32.5. The van der Waals surface area contributed by atoms with Crippen LogP contribution in [0.15, 0.2) is 0 Å². The summed E-state index contributed by atoms with van der Waals surface area (Å²) in [6, 6.07) is 0. The van der Waals surface area contributed by atoms with Crippen LogP contribution in [0.1, 0.15) is 0 Å². The topological polar surface area (TPSA) is 150 Å². The minimum absolute atomic E-state index is 3.60. The molecule has 0 bridgehead atoms. The van der Waals surface area contributed by atoms with E-state index in [-0.39, 0.29) is 0 Å².